The summed E-state index contributed by atoms with van der Waals surface area (Å²) in [6.07, 6.45) is 2.37. The maximum Gasteiger partial charge on any atom is 0.258 e. The first-order valence-electron chi connectivity index (χ1n) is 9.19. The number of amides is 1. The summed E-state index contributed by atoms with van der Waals surface area (Å²) in [4.78, 5) is 14.7. The van der Waals surface area contributed by atoms with Crippen molar-refractivity contribution in [3.05, 3.63) is 58.6 Å². The van der Waals surface area contributed by atoms with Crippen LogP contribution in [0.15, 0.2) is 53.0 Å². The van der Waals surface area contributed by atoms with Gasteiger partial charge in [-0.05, 0) is 56.3 Å². The van der Waals surface area contributed by atoms with Gasteiger partial charge < -0.3 is 14.8 Å². The Morgan fingerprint density at radius 1 is 1.15 bits per heavy atom. The molecule has 144 valence electrons. The topological polar surface area (TPSA) is 50.8 Å². The molecule has 27 heavy (non-hydrogen) atoms. The number of carbonyl (C=O) groups is 1. The van der Waals surface area contributed by atoms with Gasteiger partial charge in [0, 0.05) is 16.6 Å². The van der Waals surface area contributed by atoms with Crippen molar-refractivity contribution in [3.8, 4) is 11.5 Å². The molecular formula is C21H25BrN2O3. The third-order valence-electron chi connectivity index (χ3n) is 4.76. The van der Waals surface area contributed by atoms with Crippen LogP contribution in [0.3, 0.4) is 0 Å². The summed E-state index contributed by atoms with van der Waals surface area (Å²) in [5.74, 6) is 1.40. The molecule has 0 aromatic heterocycles. The largest absolute Gasteiger partial charge is 0.496 e. The molecule has 1 N–H and O–H groups in total. The molecule has 1 amide bonds. The second-order valence-corrected chi connectivity index (χ2v) is 7.46. The number of nitrogens with one attached hydrogen (secondary N) is 1. The molecule has 1 atom stereocenters. The number of benzene rings is 2. The van der Waals surface area contributed by atoms with Gasteiger partial charge in [-0.2, -0.15) is 0 Å². The van der Waals surface area contributed by atoms with Crippen LogP contribution in [0.5, 0.6) is 11.5 Å². The van der Waals surface area contributed by atoms with E-state index in [2.05, 4.69) is 32.2 Å². The van der Waals surface area contributed by atoms with Crippen LogP contribution in [0, 0.1) is 0 Å². The number of likely N-dealkylation sites (tertiary alicyclic amines) is 1. The van der Waals surface area contributed by atoms with Crippen molar-refractivity contribution >= 4 is 21.8 Å². The predicted octanol–water partition coefficient (Wildman–Crippen LogP) is 3.79. The van der Waals surface area contributed by atoms with Crippen LogP contribution < -0.4 is 14.8 Å². The smallest absolute Gasteiger partial charge is 0.258 e. The summed E-state index contributed by atoms with van der Waals surface area (Å²) < 4.78 is 12.1. The maximum absolute atomic E-state index is 12.3. The number of rotatable bonds is 8. The standard InChI is InChI=1S/C21H25BrN2O3/c1-26-20-7-3-2-6-18(20)19(24-12-4-5-13-24)14-23-21(25)15-27-17-10-8-16(22)9-11-17/h2-3,6-11,19H,4-5,12-15H2,1H3,(H,23,25). The van der Waals surface area contributed by atoms with Crippen LogP contribution in [-0.2, 0) is 4.79 Å². The predicted molar refractivity (Wildman–Crippen MR) is 109 cm³/mol. The third kappa shape index (κ3) is 5.47. The van der Waals surface area contributed by atoms with Gasteiger partial charge in [0.2, 0.25) is 0 Å². The number of nitrogens with zero attached hydrogens (tertiary/aromatic N) is 1. The monoisotopic (exact) mass is 432 g/mol. The van der Waals surface area contributed by atoms with Gasteiger partial charge in [0.25, 0.3) is 5.91 Å². The van der Waals surface area contributed by atoms with Crippen LogP contribution >= 0.6 is 15.9 Å². The molecule has 0 radical (unpaired) electrons. The number of hydrogen-bond acceptors (Lipinski definition) is 4. The van der Waals surface area contributed by atoms with Crippen molar-refractivity contribution in [2.45, 2.75) is 18.9 Å². The summed E-state index contributed by atoms with van der Waals surface area (Å²) in [5, 5.41) is 3.02. The van der Waals surface area contributed by atoms with Gasteiger partial charge >= 0.3 is 0 Å². The lowest BCUT2D eigenvalue weighted by molar-refractivity contribution is -0.123. The molecule has 0 spiro atoms. The Morgan fingerprint density at radius 2 is 1.85 bits per heavy atom. The lowest BCUT2D eigenvalue weighted by Crippen LogP contribution is -2.38. The van der Waals surface area contributed by atoms with Gasteiger partial charge in [0.15, 0.2) is 6.61 Å². The average molecular weight is 433 g/mol. The lowest BCUT2D eigenvalue weighted by Gasteiger charge is -2.29. The molecule has 1 heterocycles. The molecule has 3 rings (SSSR count). The first-order valence-corrected chi connectivity index (χ1v) is 9.98. The summed E-state index contributed by atoms with van der Waals surface area (Å²) in [6.45, 7) is 2.60. The Hall–Kier alpha value is -2.05. The normalized spacial score (nSPS) is 15.3. The molecule has 5 nitrogen and oxygen atoms in total. The summed E-state index contributed by atoms with van der Waals surface area (Å²) in [6, 6.07) is 15.6. The third-order valence-corrected chi connectivity index (χ3v) is 5.28. The molecule has 0 saturated carbocycles. The minimum absolute atomic E-state index is 0.000275. The zero-order valence-corrected chi connectivity index (χ0v) is 17.1. The molecule has 1 fully saturated rings. The summed E-state index contributed by atoms with van der Waals surface area (Å²) in [7, 11) is 1.69. The molecule has 0 aliphatic carbocycles. The average Bonchev–Trinajstić information content (AvgIpc) is 3.22. The SMILES string of the molecule is COc1ccccc1C(CNC(=O)COc1ccc(Br)cc1)N1CCCC1. The molecule has 0 bridgehead atoms. The van der Waals surface area contributed by atoms with E-state index in [0.717, 1.165) is 28.9 Å². The highest BCUT2D eigenvalue weighted by molar-refractivity contribution is 9.10. The van der Waals surface area contributed by atoms with E-state index in [0.29, 0.717) is 12.3 Å². The zero-order chi connectivity index (χ0) is 19.1. The van der Waals surface area contributed by atoms with Crippen molar-refractivity contribution in [2.75, 3.05) is 33.4 Å². The Labute approximate surface area is 168 Å². The fraction of sp³-hybridized carbons (Fsp3) is 0.381. The van der Waals surface area contributed by atoms with Gasteiger partial charge in [-0.25, -0.2) is 0 Å². The van der Waals surface area contributed by atoms with E-state index >= 15 is 0 Å². The van der Waals surface area contributed by atoms with Gasteiger partial charge in [-0.1, -0.05) is 34.1 Å². The Kier molecular flexibility index (Phi) is 7.12. The van der Waals surface area contributed by atoms with Crippen LogP contribution in [0.4, 0.5) is 0 Å². The van der Waals surface area contributed by atoms with Gasteiger partial charge in [-0.15, -0.1) is 0 Å². The highest BCUT2D eigenvalue weighted by atomic mass is 79.9. The molecule has 1 unspecified atom stereocenters. The van der Waals surface area contributed by atoms with Crippen LogP contribution in [-0.4, -0.2) is 44.2 Å². The second kappa shape index (κ2) is 9.76. The molecule has 1 saturated heterocycles. The Morgan fingerprint density at radius 3 is 2.56 bits per heavy atom. The van der Waals surface area contributed by atoms with Crippen LogP contribution in [0.25, 0.3) is 0 Å². The van der Waals surface area contributed by atoms with Gasteiger partial charge in [0.1, 0.15) is 11.5 Å². The fourth-order valence-corrected chi connectivity index (χ4v) is 3.64. The van der Waals surface area contributed by atoms with E-state index < -0.39 is 0 Å². The fourth-order valence-electron chi connectivity index (χ4n) is 3.37. The Bertz CT molecular complexity index is 745. The molecule has 1 aliphatic rings. The van der Waals surface area contributed by atoms with Crippen LogP contribution in [0.2, 0.25) is 0 Å². The molecule has 2 aromatic carbocycles. The van der Waals surface area contributed by atoms with Crippen molar-refractivity contribution in [1.82, 2.24) is 10.2 Å². The number of halogens is 1. The van der Waals surface area contributed by atoms with Crippen molar-refractivity contribution in [2.24, 2.45) is 0 Å². The summed E-state index contributed by atoms with van der Waals surface area (Å²) >= 11 is 3.38. The highest BCUT2D eigenvalue weighted by Crippen LogP contribution is 2.31. The minimum atomic E-state index is -0.128. The number of hydrogen-bond donors (Lipinski definition) is 1. The van der Waals surface area contributed by atoms with E-state index in [-0.39, 0.29) is 18.6 Å². The molecule has 6 heteroatoms. The number of para-hydroxylation sites is 1. The molecule has 1 aliphatic heterocycles. The first-order chi connectivity index (χ1) is 13.2. The van der Waals surface area contributed by atoms with Crippen molar-refractivity contribution < 1.29 is 14.3 Å². The number of methoxy groups -OCH3 is 1. The lowest BCUT2D eigenvalue weighted by atomic mass is 10.0. The van der Waals surface area contributed by atoms with E-state index in [1.807, 2.05) is 42.5 Å². The molecule has 2 aromatic rings. The van der Waals surface area contributed by atoms with E-state index in [1.54, 1.807) is 7.11 Å². The number of ether oxygens (including phenoxy) is 2. The molecular weight excluding hydrogens is 408 g/mol. The zero-order valence-electron chi connectivity index (χ0n) is 15.5. The van der Waals surface area contributed by atoms with Gasteiger partial charge in [0.05, 0.1) is 13.2 Å². The van der Waals surface area contributed by atoms with Gasteiger partial charge in [-0.3, -0.25) is 9.69 Å². The van der Waals surface area contributed by atoms with Crippen LogP contribution in [0.1, 0.15) is 24.4 Å². The first kappa shape index (κ1) is 19.7. The van der Waals surface area contributed by atoms with Crippen molar-refractivity contribution in [1.29, 1.82) is 0 Å². The maximum atomic E-state index is 12.3. The second-order valence-electron chi connectivity index (χ2n) is 6.55. The quantitative estimate of drug-likeness (QED) is 0.689. The van der Waals surface area contributed by atoms with E-state index in [9.17, 15) is 4.79 Å². The number of carbonyl (C=O) groups excluding carboxylic acids is 1. The Balaban J connectivity index is 1.60. The summed E-state index contributed by atoms with van der Waals surface area (Å²) in [5.41, 5.74) is 1.11. The van der Waals surface area contributed by atoms with E-state index in [1.165, 1.54) is 12.8 Å². The van der Waals surface area contributed by atoms with Crippen molar-refractivity contribution in [3.63, 3.8) is 0 Å². The highest BCUT2D eigenvalue weighted by Gasteiger charge is 2.26. The van der Waals surface area contributed by atoms with E-state index in [4.69, 9.17) is 9.47 Å². The minimum Gasteiger partial charge on any atom is -0.496 e.